The Balaban J connectivity index is 2.21. The van der Waals surface area contributed by atoms with E-state index in [2.05, 4.69) is 9.98 Å². The molecule has 0 radical (unpaired) electrons. The Hall–Kier alpha value is -2.49. The zero-order valence-electron chi connectivity index (χ0n) is 10.2. The van der Waals surface area contributed by atoms with Gasteiger partial charge in [-0.05, 0) is 18.2 Å². The Morgan fingerprint density at radius 3 is 2.63 bits per heavy atom. The maximum Gasteiger partial charge on any atom is 0.124 e. The molecule has 0 spiro atoms. The summed E-state index contributed by atoms with van der Waals surface area (Å²) in [5, 5.41) is 0. The summed E-state index contributed by atoms with van der Waals surface area (Å²) in [7, 11) is 0. The molecule has 94 valence electrons. The first-order chi connectivity index (χ1) is 9.24. The standard InChI is InChI=1S/C15H12FN3/c16-11-6-7-13-12(8-11)15(18-9-14(17)19-13)10-4-2-1-3-5-10/h1-8H,9H2,(H2,17,19). The van der Waals surface area contributed by atoms with Crippen molar-refractivity contribution in [2.45, 2.75) is 0 Å². The number of hydrogen-bond donors (Lipinski definition) is 1. The molecule has 1 aliphatic rings. The minimum atomic E-state index is -0.307. The van der Waals surface area contributed by atoms with E-state index in [1.54, 1.807) is 6.07 Å². The molecule has 0 saturated heterocycles. The van der Waals surface area contributed by atoms with Gasteiger partial charge in [-0.2, -0.15) is 0 Å². The lowest BCUT2D eigenvalue weighted by Gasteiger charge is -2.08. The van der Waals surface area contributed by atoms with Gasteiger partial charge in [0.05, 0.1) is 17.9 Å². The molecule has 3 rings (SSSR count). The molecule has 0 amide bonds. The monoisotopic (exact) mass is 253 g/mol. The molecule has 2 N–H and O–H groups in total. The van der Waals surface area contributed by atoms with Crippen molar-refractivity contribution in [2.75, 3.05) is 6.54 Å². The molecule has 4 heteroatoms. The van der Waals surface area contributed by atoms with Crippen LogP contribution in [0.5, 0.6) is 0 Å². The average Bonchev–Trinajstić information content (AvgIpc) is 2.58. The third kappa shape index (κ3) is 2.25. The smallest absolute Gasteiger partial charge is 0.124 e. The highest BCUT2D eigenvalue weighted by atomic mass is 19.1. The van der Waals surface area contributed by atoms with Crippen LogP contribution in [0, 0.1) is 5.82 Å². The summed E-state index contributed by atoms with van der Waals surface area (Å²) in [6.07, 6.45) is 0. The molecule has 0 atom stereocenters. The zero-order valence-corrected chi connectivity index (χ0v) is 10.2. The minimum absolute atomic E-state index is 0.307. The van der Waals surface area contributed by atoms with E-state index in [0.29, 0.717) is 23.6 Å². The summed E-state index contributed by atoms with van der Waals surface area (Å²) in [5.74, 6) is 0.122. The molecule has 0 unspecified atom stereocenters. The minimum Gasteiger partial charge on any atom is -0.386 e. The second kappa shape index (κ2) is 4.65. The van der Waals surface area contributed by atoms with Crippen LogP contribution in [-0.4, -0.2) is 18.1 Å². The van der Waals surface area contributed by atoms with E-state index in [0.717, 1.165) is 11.3 Å². The van der Waals surface area contributed by atoms with Crippen LogP contribution >= 0.6 is 0 Å². The largest absolute Gasteiger partial charge is 0.386 e. The van der Waals surface area contributed by atoms with Gasteiger partial charge in [0, 0.05) is 11.1 Å². The molecule has 0 aliphatic carbocycles. The van der Waals surface area contributed by atoms with E-state index >= 15 is 0 Å². The second-order valence-corrected chi connectivity index (χ2v) is 4.30. The van der Waals surface area contributed by atoms with Crippen LogP contribution in [0.25, 0.3) is 0 Å². The van der Waals surface area contributed by atoms with Crippen molar-refractivity contribution in [3.05, 3.63) is 65.5 Å². The van der Waals surface area contributed by atoms with E-state index in [-0.39, 0.29) is 5.82 Å². The molecular formula is C15H12FN3. The fourth-order valence-electron chi connectivity index (χ4n) is 2.07. The van der Waals surface area contributed by atoms with Gasteiger partial charge in [-0.3, -0.25) is 4.99 Å². The zero-order chi connectivity index (χ0) is 13.2. The molecule has 19 heavy (non-hydrogen) atoms. The lowest BCUT2D eigenvalue weighted by molar-refractivity contribution is 0.627. The Morgan fingerprint density at radius 2 is 1.84 bits per heavy atom. The third-order valence-corrected chi connectivity index (χ3v) is 2.92. The highest BCUT2D eigenvalue weighted by molar-refractivity contribution is 6.17. The molecule has 0 aromatic heterocycles. The summed E-state index contributed by atoms with van der Waals surface area (Å²) in [5.41, 5.74) is 8.75. The number of fused-ring (bicyclic) bond motifs is 1. The lowest BCUT2D eigenvalue weighted by Crippen LogP contribution is -2.14. The molecule has 1 heterocycles. The summed E-state index contributed by atoms with van der Waals surface area (Å²) in [6, 6.07) is 14.1. The van der Waals surface area contributed by atoms with E-state index < -0.39 is 0 Å². The molecular weight excluding hydrogens is 241 g/mol. The highest BCUT2D eigenvalue weighted by Crippen LogP contribution is 2.25. The van der Waals surface area contributed by atoms with Crippen molar-refractivity contribution in [3.63, 3.8) is 0 Å². The number of hydrogen-bond acceptors (Lipinski definition) is 3. The molecule has 3 nitrogen and oxygen atoms in total. The van der Waals surface area contributed by atoms with Gasteiger partial charge < -0.3 is 5.73 Å². The Morgan fingerprint density at radius 1 is 1.05 bits per heavy atom. The lowest BCUT2D eigenvalue weighted by atomic mass is 10.0. The number of aliphatic imine (C=N–C) groups is 2. The van der Waals surface area contributed by atoms with E-state index in [1.807, 2.05) is 30.3 Å². The normalized spacial score (nSPS) is 14.2. The van der Waals surface area contributed by atoms with Crippen LogP contribution in [0.2, 0.25) is 0 Å². The first kappa shape index (κ1) is 11.6. The van der Waals surface area contributed by atoms with Crippen molar-refractivity contribution in [3.8, 4) is 0 Å². The van der Waals surface area contributed by atoms with Crippen LogP contribution in [0.3, 0.4) is 0 Å². The van der Waals surface area contributed by atoms with Gasteiger partial charge in [-0.25, -0.2) is 9.38 Å². The summed E-state index contributed by atoms with van der Waals surface area (Å²) < 4.78 is 13.5. The summed E-state index contributed by atoms with van der Waals surface area (Å²) in [4.78, 5) is 8.72. The second-order valence-electron chi connectivity index (χ2n) is 4.30. The van der Waals surface area contributed by atoms with Gasteiger partial charge in [-0.15, -0.1) is 0 Å². The van der Waals surface area contributed by atoms with Gasteiger partial charge in [0.2, 0.25) is 0 Å². The van der Waals surface area contributed by atoms with Gasteiger partial charge in [0.1, 0.15) is 11.7 Å². The topological polar surface area (TPSA) is 50.7 Å². The number of nitrogens with two attached hydrogens (primary N) is 1. The van der Waals surface area contributed by atoms with Crippen LogP contribution in [0.15, 0.2) is 58.5 Å². The van der Waals surface area contributed by atoms with Crippen molar-refractivity contribution in [1.82, 2.24) is 0 Å². The Kier molecular flexibility index (Phi) is 2.83. The van der Waals surface area contributed by atoms with Crippen molar-refractivity contribution >= 4 is 17.2 Å². The van der Waals surface area contributed by atoms with Crippen molar-refractivity contribution < 1.29 is 4.39 Å². The molecule has 0 bridgehead atoms. The van der Waals surface area contributed by atoms with Gasteiger partial charge in [0.15, 0.2) is 0 Å². The maximum atomic E-state index is 13.5. The first-order valence-electron chi connectivity index (χ1n) is 5.97. The molecule has 0 fully saturated rings. The van der Waals surface area contributed by atoms with Gasteiger partial charge >= 0.3 is 0 Å². The van der Waals surface area contributed by atoms with Crippen LogP contribution < -0.4 is 5.73 Å². The molecule has 1 aliphatic heterocycles. The third-order valence-electron chi connectivity index (χ3n) is 2.92. The first-order valence-corrected chi connectivity index (χ1v) is 5.97. The summed E-state index contributed by atoms with van der Waals surface area (Å²) >= 11 is 0. The SMILES string of the molecule is NC1=Nc2ccc(F)cc2C(c2ccccc2)=NC1. The van der Waals surface area contributed by atoms with E-state index in [1.165, 1.54) is 12.1 Å². The predicted molar refractivity (Wildman–Crippen MR) is 74.6 cm³/mol. The molecule has 0 saturated carbocycles. The number of nitrogens with zero attached hydrogens (tertiary/aromatic N) is 2. The molecule has 2 aromatic carbocycles. The van der Waals surface area contributed by atoms with E-state index in [9.17, 15) is 4.39 Å². The average molecular weight is 253 g/mol. The quantitative estimate of drug-likeness (QED) is 0.834. The number of amidine groups is 1. The van der Waals surface area contributed by atoms with Gasteiger partial charge in [-0.1, -0.05) is 30.3 Å². The van der Waals surface area contributed by atoms with Crippen LogP contribution in [0.1, 0.15) is 11.1 Å². The number of benzene rings is 2. The van der Waals surface area contributed by atoms with Gasteiger partial charge in [0.25, 0.3) is 0 Å². The maximum absolute atomic E-state index is 13.5. The van der Waals surface area contributed by atoms with Crippen molar-refractivity contribution in [2.24, 2.45) is 15.7 Å². The fourth-order valence-corrected chi connectivity index (χ4v) is 2.07. The summed E-state index contributed by atoms with van der Waals surface area (Å²) in [6.45, 7) is 0.320. The van der Waals surface area contributed by atoms with Crippen LogP contribution in [-0.2, 0) is 0 Å². The highest BCUT2D eigenvalue weighted by Gasteiger charge is 2.15. The Bertz CT molecular complexity index is 675. The number of rotatable bonds is 1. The van der Waals surface area contributed by atoms with E-state index in [4.69, 9.17) is 5.73 Å². The Labute approximate surface area is 110 Å². The van der Waals surface area contributed by atoms with Crippen molar-refractivity contribution in [1.29, 1.82) is 0 Å². The molecule has 2 aromatic rings. The fraction of sp³-hybridized carbons (Fsp3) is 0.0667. The number of halogens is 1. The predicted octanol–water partition coefficient (Wildman–Crippen LogP) is 2.67. The van der Waals surface area contributed by atoms with Crippen LogP contribution in [0.4, 0.5) is 10.1 Å².